The van der Waals surface area contributed by atoms with Crippen LogP contribution in [-0.4, -0.2) is 34.8 Å². The predicted molar refractivity (Wildman–Crippen MR) is 122 cm³/mol. The van der Waals surface area contributed by atoms with Gasteiger partial charge in [-0.1, -0.05) is 35.9 Å². The third kappa shape index (κ3) is 7.03. The summed E-state index contributed by atoms with van der Waals surface area (Å²) in [6.45, 7) is 1.56. The van der Waals surface area contributed by atoms with E-state index in [0.29, 0.717) is 17.1 Å². The number of para-hydroxylation sites is 1. The molecule has 0 radical (unpaired) electrons. The van der Waals surface area contributed by atoms with Crippen LogP contribution in [-0.2, 0) is 28.6 Å². The molecule has 5 nitrogen and oxygen atoms in total. The Bertz CT molecular complexity index is 1130. The first-order valence-corrected chi connectivity index (χ1v) is 11.3. The predicted octanol–water partition coefficient (Wildman–Crippen LogP) is 5.44. The van der Waals surface area contributed by atoms with Gasteiger partial charge in [-0.05, 0) is 36.8 Å². The number of alkyl halides is 3. The number of amides is 2. The number of likely N-dealkylation sites (N-methyl/N-ethyl adjacent to an activating group) is 1. The molecule has 0 bridgehead atoms. The SMILES string of the molecule is CCN(CC(=O)Nc1ccccc1C(F)(F)F)C(=O)Cc1csc(Cc2cccc(Cl)c2)n1. The third-order valence-corrected chi connectivity index (χ3v) is 5.88. The molecule has 0 saturated heterocycles. The monoisotopic (exact) mass is 495 g/mol. The number of carbonyl (C=O) groups is 2. The van der Waals surface area contributed by atoms with Crippen LogP contribution < -0.4 is 5.32 Å². The number of nitrogens with one attached hydrogen (secondary N) is 1. The lowest BCUT2D eigenvalue weighted by Gasteiger charge is -2.21. The van der Waals surface area contributed by atoms with Gasteiger partial charge >= 0.3 is 6.18 Å². The number of anilines is 1. The maximum absolute atomic E-state index is 13.1. The fourth-order valence-electron chi connectivity index (χ4n) is 3.18. The molecular weight excluding hydrogens is 475 g/mol. The first-order valence-electron chi connectivity index (χ1n) is 10.1. The van der Waals surface area contributed by atoms with E-state index in [1.54, 1.807) is 18.4 Å². The largest absolute Gasteiger partial charge is 0.418 e. The van der Waals surface area contributed by atoms with Crippen molar-refractivity contribution in [2.45, 2.75) is 25.9 Å². The average Bonchev–Trinajstić information content (AvgIpc) is 3.18. The molecule has 0 unspecified atom stereocenters. The molecule has 174 valence electrons. The van der Waals surface area contributed by atoms with Crippen molar-refractivity contribution in [1.29, 1.82) is 0 Å². The molecule has 0 aliphatic carbocycles. The van der Waals surface area contributed by atoms with E-state index in [9.17, 15) is 22.8 Å². The highest BCUT2D eigenvalue weighted by Gasteiger charge is 2.33. The Labute approximate surface area is 198 Å². The summed E-state index contributed by atoms with van der Waals surface area (Å²) in [6, 6.07) is 12.1. The van der Waals surface area contributed by atoms with E-state index in [1.807, 2.05) is 18.2 Å². The zero-order valence-corrected chi connectivity index (χ0v) is 19.2. The van der Waals surface area contributed by atoms with Crippen LogP contribution in [0.25, 0.3) is 0 Å². The fourth-order valence-corrected chi connectivity index (χ4v) is 4.22. The van der Waals surface area contributed by atoms with Crippen molar-refractivity contribution in [3.8, 4) is 0 Å². The molecule has 2 amide bonds. The van der Waals surface area contributed by atoms with Gasteiger partial charge in [-0.15, -0.1) is 11.3 Å². The Morgan fingerprint density at radius 3 is 2.61 bits per heavy atom. The van der Waals surface area contributed by atoms with Gasteiger partial charge in [0.2, 0.25) is 11.8 Å². The summed E-state index contributed by atoms with van der Waals surface area (Å²) in [5, 5.41) is 5.50. The Balaban J connectivity index is 1.59. The lowest BCUT2D eigenvalue weighted by Crippen LogP contribution is -2.39. The minimum atomic E-state index is -4.60. The summed E-state index contributed by atoms with van der Waals surface area (Å²) in [6.07, 6.45) is -4.03. The first kappa shape index (κ1) is 24.7. The molecule has 33 heavy (non-hydrogen) atoms. The van der Waals surface area contributed by atoms with Crippen molar-refractivity contribution in [2.75, 3.05) is 18.4 Å². The number of carbonyl (C=O) groups excluding carboxylic acids is 2. The Morgan fingerprint density at radius 1 is 1.15 bits per heavy atom. The molecule has 0 atom stereocenters. The normalized spacial score (nSPS) is 11.3. The minimum absolute atomic E-state index is 0.00763. The van der Waals surface area contributed by atoms with Gasteiger partial charge in [0, 0.05) is 23.4 Å². The minimum Gasteiger partial charge on any atom is -0.333 e. The van der Waals surface area contributed by atoms with Crippen molar-refractivity contribution in [2.24, 2.45) is 0 Å². The van der Waals surface area contributed by atoms with Crippen molar-refractivity contribution >= 4 is 40.4 Å². The number of aromatic nitrogens is 1. The van der Waals surface area contributed by atoms with Gasteiger partial charge in [0.25, 0.3) is 0 Å². The molecule has 1 aromatic heterocycles. The first-order chi connectivity index (χ1) is 15.7. The van der Waals surface area contributed by atoms with Gasteiger partial charge in [-0.25, -0.2) is 4.98 Å². The van der Waals surface area contributed by atoms with Crippen LogP contribution in [0.3, 0.4) is 0 Å². The van der Waals surface area contributed by atoms with E-state index in [0.717, 1.165) is 16.6 Å². The third-order valence-electron chi connectivity index (χ3n) is 4.75. The second kappa shape index (κ2) is 10.8. The molecule has 0 aliphatic rings. The molecule has 0 fully saturated rings. The quantitative estimate of drug-likeness (QED) is 0.453. The Hall–Kier alpha value is -2.91. The van der Waals surface area contributed by atoms with E-state index < -0.39 is 17.6 Å². The van der Waals surface area contributed by atoms with Crippen LogP contribution in [0.5, 0.6) is 0 Å². The van der Waals surface area contributed by atoms with E-state index in [4.69, 9.17) is 11.6 Å². The van der Waals surface area contributed by atoms with E-state index in [1.165, 1.54) is 34.4 Å². The fraction of sp³-hybridized carbons (Fsp3) is 0.261. The second-order valence-electron chi connectivity index (χ2n) is 7.22. The molecular formula is C23H21ClF3N3O2S. The summed E-state index contributed by atoms with van der Waals surface area (Å²) < 4.78 is 39.4. The van der Waals surface area contributed by atoms with Gasteiger partial charge in [0.05, 0.1) is 34.9 Å². The van der Waals surface area contributed by atoms with Crippen molar-refractivity contribution in [3.63, 3.8) is 0 Å². The summed E-state index contributed by atoms with van der Waals surface area (Å²) in [5.41, 5.74) is 0.287. The molecule has 1 N–H and O–H groups in total. The lowest BCUT2D eigenvalue weighted by molar-refractivity contribution is -0.137. The van der Waals surface area contributed by atoms with Crippen LogP contribution in [0.2, 0.25) is 5.02 Å². The highest BCUT2D eigenvalue weighted by Crippen LogP contribution is 2.34. The standard InChI is InChI=1S/C23H21ClF3N3O2S/c1-2-30(13-20(31)29-19-9-4-3-8-18(19)23(25,26)27)22(32)12-17-14-33-21(28-17)11-15-6-5-7-16(24)10-15/h3-10,14H,2,11-13H2,1H3,(H,29,31). The Kier molecular flexibility index (Phi) is 8.10. The van der Waals surface area contributed by atoms with Crippen LogP contribution in [0.4, 0.5) is 18.9 Å². The van der Waals surface area contributed by atoms with E-state index in [-0.39, 0.29) is 31.1 Å². The maximum atomic E-state index is 13.1. The summed E-state index contributed by atoms with van der Waals surface area (Å²) >= 11 is 7.42. The number of halogens is 4. The highest BCUT2D eigenvalue weighted by molar-refractivity contribution is 7.09. The smallest absolute Gasteiger partial charge is 0.333 e. The zero-order valence-electron chi connectivity index (χ0n) is 17.7. The number of nitrogens with zero attached hydrogens (tertiary/aromatic N) is 2. The van der Waals surface area contributed by atoms with Crippen LogP contribution in [0, 0.1) is 0 Å². The van der Waals surface area contributed by atoms with Crippen molar-refractivity contribution in [1.82, 2.24) is 9.88 Å². The molecule has 2 aromatic carbocycles. The summed E-state index contributed by atoms with van der Waals surface area (Å²) in [4.78, 5) is 30.8. The topological polar surface area (TPSA) is 62.3 Å². The molecule has 0 saturated carbocycles. The average molecular weight is 496 g/mol. The van der Waals surface area contributed by atoms with Gasteiger partial charge in [-0.3, -0.25) is 9.59 Å². The lowest BCUT2D eigenvalue weighted by atomic mass is 10.1. The molecule has 1 heterocycles. The Morgan fingerprint density at radius 2 is 1.91 bits per heavy atom. The summed E-state index contributed by atoms with van der Waals surface area (Å²) in [7, 11) is 0. The molecule has 10 heteroatoms. The van der Waals surface area contributed by atoms with Crippen LogP contribution in [0.1, 0.15) is 28.8 Å². The second-order valence-corrected chi connectivity index (χ2v) is 8.59. The van der Waals surface area contributed by atoms with E-state index >= 15 is 0 Å². The maximum Gasteiger partial charge on any atom is 0.418 e. The molecule has 0 spiro atoms. The summed E-state index contributed by atoms with van der Waals surface area (Å²) in [5.74, 6) is -1.04. The van der Waals surface area contributed by atoms with E-state index in [2.05, 4.69) is 10.3 Å². The number of benzene rings is 2. The number of rotatable bonds is 8. The van der Waals surface area contributed by atoms with Crippen molar-refractivity contribution in [3.05, 3.63) is 80.8 Å². The molecule has 0 aliphatic heterocycles. The van der Waals surface area contributed by atoms with Gasteiger partial charge < -0.3 is 10.2 Å². The number of thiazole rings is 1. The highest BCUT2D eigenvalue weighted by atomic mass is 35.5. The zero-order chi connectivity index (χ0) is 24.0. The van der Waals surface area contributed by atoms with Gasteiger partial charge in [0.15, 0.2) is 0 Å². The molecule has 3 rings (SSSR count). The van der Waals surface area contributed by atoms with Crippen LogP contribution in [0.15, 0.2) is 53.9 Å². The van der Waals surface area contributed by atoms with Gasteiger partial charge in [0.1, 0.15) is 0 Å². The number of hydrogen-bond donors (Lipinski definition) is 1. The van der Waals surface area contributed by atoms with Crippen LogP contribution >= 0.6 is 22.9 Å². The number of hydrogen-bond acceptors (Lipinski definition) is 4. The van der Waals surface area contributed by atoms with Crippen molar-refractivity contribution < 1.29 is 22.8 Å². The molecule has 3 aromatic rings. The van der Waals surface area contributed by atoms with Gasteiger partial charge in [-0.2, -0.15) is 13.2 Å².